The van der Waals surface area contributed by atoms with Gasteiger partial charge in [-0.05, 0) is 23.3 Å². The van der Waals surface area contributed by atoms with Gasteiger partial charge in [0.25, 0.3) is 7.37 Å². The molecule has 4 rings (SSSR count). The minimum atomic E-state index is -3.07. The van der Waals surface area contributed by atoms with Crippen LogP contribution < -0.4 is 10.6 Å². The predicted molar refractivity (Wildman–Crippen MR) is 101 cm³/mol. The van der Waals surface area contributed by atoms with Crippen molar-refractivity contribution >= 4 is 12.7 Å². The molecule has 1 aliphatic rings. The van der Waals surface area contributed by atoms with Gasteiger partial charge in [-0.3, -0.25) is 9.88 Å². The van der Waals surface area contributed by atoms with E-state index in [1.165, 1.54) is 0 Å². The summed E-state index contributed by atoms with van der Waals surface area (Å²) in [6.07, 6.45) is 0. The van der Waals surface area contributed by atoms with Crippen LogP contribution in [-0.4, -0.2) is 6.61 Å². The van der Waals surface area contributed by atoms with Crippen LogP contribution in [0.15, 0.2) is 91.0 Å². The summed E-state index contributed by atoms with van der Waals surface area (Å²) in [6.45, 7) is 0.388. The number of benzene rings is 3. The molecule has 3 aromatic rings. The van der Waals surface area contributed by atoms with Crippen LogP contribution in [0.3, 0.4) is 0 Å². The quantitative estimate of drug-likeness (QED) is 0.700. The summed E-state index contributed by atoms with van der Waals surface area (Å²) >= 11 is 0. The molecule has 25 heavy (non-hydrogen) atoms. The molecule has 0 aliphatic carbocycles. The molecule has 3 nitrogen and oxygen atoms in total. The Balaban J connectivity index is 1.75. The van der Waals surface area contributed by atoms with Crippen molar-refractivity contribution in [3.05, 3.63) is 102 Å². The minimum absolute atomic E-state index is 0.0113. The van der Waals surface area contributed by atoms with Gasteiger partial charge in [0.15, 0.2) is 0 Å². The van der Waals surface area contributed by atoms with Gasteiger partial charge in [-0.1, -0.05) is 78.9 Å². The first kappa shape index (κ1) is 16.3. The second kappa shape index (κ2) is 6.97. The molecule has 1 N–H and O–H groups in total. The second-order valence-corrected chi connectivity index (χ2v) is 8.66. The highest BCUT2D eigenvalue weighted by atomic mass is 31.2. The highest BCUT2D eigenvalue weighted by Crippen LogP contribution is 2.60. The van der Waals surface area contributed by atoms with Crippen LogP contribution in [0.25, 0.3) is 0 Å². The van der Waals surface area contributed by atoms with Gasteiger partial charge in [0.2, 0.25) is 0 Å². The first-order chi connectivity index (χ1) is 12.3. The summed E-state index contributed by atoms with van der Waals surface area (Å²) in [6, 6.07) is 29.6. The SMILES string of the molecule is O=P1(c2ccccc2)OC[C@H](c2ccccc2)N[C@@H]1c1ccccc1. The van der Waals surface area contributed by atoms with Gasteiger partial charge in [-0.25, -0.2) is 0 Å². The molecule has 3 atom stereocenters. The molecule has 4 heteroatoms. The first-order valence-electron chi connectivity index (χ1n) is 8.43. The van der Waals surface area contributed by atoms with Crippen LogP contribution in [0.4, 0.5) is 0 Å². The van der Waals surface area contributed by atoms with Gasteiger partial charge in [0, 0.05) is 5.30 Å². The maximum Gasteiger partial charge on any atom is 0.253 e. The molecule has 0 spiro atoms. The highest BCUT2D eigenvalue weighted by molar-refractivity contribution is 7.67. The van der Waals surface area contributed by atoms with E-state index in [0.717, 1.165) is 16.4 Å². The van der Waals surface area contributed by atoms with Crippen molar-refractivity contribution in [1.29, 1.82) is 0 Å². The summed E-state index contributed by atoms with van der Waals surface area (Å²) in [4.78, 5) is 0. The van der Waals surface area contributed by atoms with Crippen LogP contribution in [0.1, 0.15) is 23.0 Å². The van der Waals surface area contributed by atoms with E-state index in [0.29, 0.717) is 6.61 Å². The smallest absolute Gasteiger partial charge is 0.253 e. The Hall–Kier alpha value is -2.19. The average molecular weight is 349 g/mol. The fraction of sp³-hybridized carbons (Fsp3) is 0.143. The van der Waals surface area contributed by atoms with E-state index >= 15 is 0 Å². The number of nitrogens with one attached hydrogen (secondary N) is 1. The van der Waals surface area contributed by atoms with Crippen LogP contribution in [-0.2, 0) is 9.09 Å². The van der Waals surface area contributed by atoms with E-state index in [1.54, 1.807) is 0 Å². The molecular formula is C21H20NO2P. The van der Waals surface area contributed by atoms with E-state index in [9.17, 15) is 4.57 Å². The van der Waals surface area contributed by atoms with Crippen molar-refractivity contribution in [3.63, 3.8) is 0 Å². The van der Waals surface area contributed by atoms with Gasteiger partial charge in [-0.15, -0.1) is 0 Å². The van der Waals surface area contributed by atoms with Gasteiger partial charge in [0.1, 0.15) is 5.78 Å². The zero-order valence-electron chi connectivity index (χ0n) is 13.8. The molecule has 1 aliphatic heterocycles. The minimum Gasteiger partial charge on any atom is -0.322 e. The number of rotatable bonds is 3. The third-order valence-electron chi connectivity index (χ3n) is 4.57. The topological polar surface area (TPSA) is 38.3 Å². The lowest BCUT2D eigenvalue weighted by atomic mass is 10.1. The summed E-state index contributed by atoms with van der Waals surface area (Å²) < 4.78 is 19.9. The Morgan fingerprint density at radius 2 is 1.28 bits per heavy atom. The third kappa shape index (κ3) is 3.19. The van der Waals surface area contributed by atoms with Crippen molar-refractivity contribution < 1.29 is 9.09 Å². The van der Waals surface area contributed by atoms with E-state index < -0.39 is 7.37 Å². The lowest BCUT2D eigenvalue weighted by molar-refractivity contribution is 0.227. The van der Waals surface area contributed by atoms with E-state index in [2.05, 4.69) is 17.4 Å². The van der Waals surface area contributed by atoms with Crippen molar-refractivity contribution in [2.24, 2.45) is 0 Å². The lowest BCUT2D eigenvalue weighted by Gasteiger charge is -2.38. The average Bonchev–Trinajstić information content (AvgIpc) is 2.70. The molecule has 1 unspecified atom stereocenters. The van der Waals surface area contributed by atoms with E-state index in [1.807, 2.05) is 78.9 Å². The number of hydrogen-bond donors (Lipinski definition) is 1. The molecular weight excluding hydrogens is 329 g/mol. The zero-order chi connectivity index (χ0) is 17.1. The standard InChI is InChI=1S/C21H20NO2P/c23-25(19-14-8-3-9-15-19)21(18-12-6-2-7-13-18)22-20(16-24-25)17-10-4-1-5-11-17/h1-15,20-22H,16H2/t20-,21+,25?/m1/s1. The second-order valence-electron chi connectivity index (χ2n) is 6.17. The van der Waals surface area contributed by atoms with E-state index in [-0.39, 0.29) is 11.8 Å². The highest BCUT2D eigenvalue weighted by Gasteiger charge is 2.43. The normalized spacial score (nSPS) is 26.2. The monoisotopic (exact) mass is 349 g/mol. The van der Waals surface area contributed by atoms with Crippen LogP contribution in [0.2, 0.25) is 0 Å². The van der Waals surface area contributed by atoms with Gasteiger partial charge >= 0.3 is 0 Å². The summed E-state index contributed by atoms with van der Waals surface area (Å²) in [5.41, 5.74) is 2.12. The molecule has 0 radical (unpaired) electrons. The Bertz CT molecular complexity index is 868. The molecule has 0 amide bonds. The van der Waals surface area contributed by atoms with Crippen molar-refractivity contribution in [1.82, 2.24) is 5.32 Å². The van der Waals surface area contributed by atoms with Crippen molar-refractivity contribution in [2.45, 2.75) is 11.8 Å². The fourth-order valence-electron chi connectivity index (χ4n) is 3.26. The Kier molecular flexibility index (Phi) is 4.54. The fourth-order valence-corrected chi connectivity index (χ4v) is 5.76. The van der Waals surface area contributed by atoms with Crippen LogP contribution in [0.5, 0.6) is 0 Å². The Labute approximate surface area is 148 Å². The van der Waals surface area contributed by atoms with Gasteiger partial charge < -0.3 is 4.52 Å². The largest absolute Gasteiger partial charge is 0.322 e. The Morgan fingerprint density at radius 3 is 1.88 bits per heavy atom. The molecule has 1 fully saturated rings. The maximum atomic E-state index is 13.9. The molecule has 0 saturated carbocycles. The van der Waals surface area contributed by atoms with Gasteiger partial charge in [-0.2, -0.15) is 0 Å². The molecule has 0 bridgehead atoms. The first-order valence-corrected chi connectivity index (χ1v) is 10.1. The van der Waals surface area contributed by atoms with E-state index in [4.69, 9.17) is 4.52 Å². The molecule has 126 valence electrons. The van der Waals surface area contributed by atoms with Crippen molar-refractivity contribution in [3.8, 4) is 0 Å². The molecule has 1 saturated heterocycles. The zero-order valence-corrected chi connectivity index (χ0v) is 14.7. The van der Waals surface area contributed by atoms with Gasteiger partial charge in [0.05, 0.1) is 12.6 Å². The lowest BCUT2D eigenvalue weighted by Crippen LogP contribution is -2.37. The van der Waals surface area contributed by atoms with Crippen LogP contribution >= 0.6 is 7.37 Å². The maximum absolute atomic E-state index is 13.9. The summed E-state index contributed by atoms with van der Waals surface area (Å²) in [5.74, 6) is -0.366. The molecule has 1 heterocycles. The predicted octanol–water partition coefficient (Wildman–Crippen LogP) is 4.65. The third-order valence-corrected chi connectivity index (χ3v) is 7.24. The Morgan fingerprint density at radius 1 is 0.760 bits per heavy atom. The molecule has 0 aromatic heterocycles. The van der Waals surface area contributed by atoms with Crippen molar-refractivity contribution in [2.75, 3.05) is 6.61 Å². The van der Waals surface area contributed by atoms with Crippen LogP contribution in [0, 0.1) is 0 Å². The molecule has 3 aromatic carbocycles. The summed E-state index contributed by atoms with van der Waals surface area (Å²) in [5, 5.41) is 4.34. The number of hydrogen-bond acceptors (Lipinski definition) is 3. The summed E-state index contributed by atoms with van der Waals surface area (Å²) in [7, 11) is -3.07.